The van der Waals surface area contributed by atoms with Crippen LogP contribution in [0.25, 0.3) is 16.6 Å². The molecule has 1 heterocycles. The Hall–Kier alpha value is -3.68. The third kappa shape index (κ3) is 3.37. The summed E-state index contributed by atoms with van der Waals surface area (Å²) in [5.41, 5.74) is 5.80. The Bertz CT molecular complexity index is 1080. The van der Waals surface area contributed by atoms with Crippen LogP contribution in [0.5, 0.6) is 0 Å². The Morgan fingerprint density at radius 2 is 1.89 bits per heavy atom. The highest BCUT2D eigenvalue weighted by Gasteiger charge is 2.23. The lowest BCUT2D eigenvalue weighted by Gasteiger charge is -2.20. The van der Waals surface area contributed by atoms with Crippen molar-refractivity contribution in [2.75, 3.05) is 0 Å². The summed E-state index contributed by atoms with van der Waals surface area (Å²) in [6.07, 6.45) is -0.839. The molecule has 0 aliphatic carbocycles. The average Bonchev–Trinajstić information content (AvgIpc) is 2.65. The zero-order valence-corrected chi connectivity index (χ0v) is 14.5. The zero-order chi connectivity index (χ0) is 19.6. The molecule has 0 spiro atoms. The Kier molecular flexibility index (Phi) is 4.89. The number of carboxylic acid groups (broad SMARTS) is 1. The van der Waals surface area contributed by atoms with Crippen molar-refractivity contribution in [3.8, 4) is 5.69 Å². The van der Waals surface area contributed by atoms with Crippen molar-refractivity contribution in [1.29, 1.82) is 0 Å². The van der Waals surface area contributed by atoms with E-state index in [1.165, 1.54) is 10.6 Å². The number of hydrogen-bond donors (Lipinski definition) is 3. The molecule has 1 atom stereocenters. The Morgan fingerprint density at radius 3 is 2.48 bits per heavy atom. The third-order valence-corrected chi connectivity index (χ3v) is 4.22. The van der Waals surface area contributed by atoms with Crippen LogP contribution in [-0.2, 0) is 0 Å². The van der Waals surface area contributed by atoms with E-state index < -0.39 is 23.6 Å². The lowest BCUT2D eigenvalue weighted by molar-refractivity contribution is 0.100. The number of nitrogens with two attached hydrogens (primary N) is 1. The first kappa shape index (κ1) is 18.1. The first-order valence-corrected chi connectivity index (χ1v) is 8.34. The molecule has 8 nitrogen and oxygen atoms in total. The summed E-state index contributed by atoms with van der Waals surface area (Å²) >= 11 is 0. The predicted molar refractivity (Wildman–Crippen MR) is 100 cm³/mol. The minimum absolute atomic E-state index is 0.0699. The first-order valence-electron chi connectivity index (χ1n) is 8.34. The molecule has 138 valence electrons. The Morgan fingerprint density at radius 1 is 1.19 bits per heavy atom. The van der Waals surface area contributed by atoms with E-state index in [1.54, 1.807) is 49.4 Å². The number of primary amides is 1. The monoisotopic (exact) mass is 366 g/mol. The van der Waals surface area contributed by atoms with Crippen molar-refractivity contribution in [2.24, 2.45) is 5.73 Å². The second kappa shape index (κ2) is 7.28. The molecule has 2 aromatic carbocycles. The number of carbonyl (C=O) groups is 2. The van der Waals surface area contributed by atoms with Gasteiger partial charge in [-0.3, -0.25) is 14.2 Å². The predicted octanol–water partition coefficient (Wildman–Crippen LogP) is 2.20. The van der Waals surface area contributed by atoms with Gasteiger partial charge in [0, 0.05) is 0 Å². The van der Waals surface area contributed by atoms with E-state index in [4.69, 9.17) is 10.8 Å². The van der Waals surface area contributed by atoms with Gasteiger partial charge in [0.25, 0.3) is 5.56 Å². The van der Waals surface area contributed by atoms with Crippen LogP contribution in [0.15, 0.2) is 53.3 Å². The summed E-state index contributed by atoms with van der Waals surface area (Å²) in [7, 11) is 0. The summed E-state index contributed by atoms with van der Waals surface area (Å²) in [6.45, 7) is 1.78. The van der Waals surface area contributed by atoms with Gasteiger partial charge in [0.15, 0.2) is 0 Å². The van der Waals surface area contributed by atoms with Crippen LogP contribution in [0.2, 0.25) is 0 Å². The van der Waals surface area contributed by atoms with Crippen LogP contribution < -0.4 is 16.6 Å². The van der Waals surface area contributed by atoms with Gasteiger partial charge in [0.05, 0.1) is 28.2 Å². The summed E-state index contributed by atoms with van der Waals surface area (Å²) in [6, 6.07) is 12.6. The van der Waals surface area contributed by atoms with Crippen molar-refractivity contribution in [3.05, 3.63) is 70.3 Å². The number of amides is 2. The van der Waals surface area contributed by atoms with Crippen LogP contribution >= 0.6 is 0 Å². The van der Waals surface area contributed by atoms with Gasteiger partial charge in [-0.2, -0.15) is 0 Å². The average molecular weight is 366 g/mol. The maximum absolute atomic E-state index is 13.3. The topological polar surface area (TPSA) is 127 Å². The number of aromatic nitrogens is 2. The van der Waals surface area contributed by atoms with E-state index in [9.17, 15) is 14.4 Å². The number of para-hydroxylation sites is 1. The highest BCUT2D eigenvalue weighted by atomic mass is 16.4. The van der Waals surface area contributed by atoms with E-state index >= 15 is 0 Å². The lowest BCUT2D eigenvalue weighted by Crippen LogP contribution is -2.34. The molecule has 0 aliphatic rings. The molecular weight excluding hydrogens is 348 g/mol. The summed E-state index contributed by atoms with van der Waals surface area (Å²) in [5.74, 6) is -0.493. The molecule has 0 unspecified atom stereocenters. The molecule has 4 N–H and O–H groups in total. The quantitative estimate of drug-likeness (QED) is 0.638. The highest BCUT2D eigenvalue weighted by Crippen LogP contribution is 2.22. The summed E-state index contributed by atoms with van der Waals surface area (Å²) in [5, 5.41) is 11.6. The molecule has 0 saturated heterocycles. The summed E-state index contributed by atoms with van der Waals surface area (Å²) < 4.78 is 1.32. The molecule has 0 radical (unpaired) electrons. The van der Waals surface area contributed by atoms with Crippen LogP contribution in [-0.4, -0.2) is 26.7 Å². The number of hydrogen-bond acceptors (Lipinski definition) is 4. The maximum Gasteiger partial charge on any atom is 0.405 e. The second-order valence-corrected chi connectivity index (χ2v) is 5.92. The lowest BCUT2D eigenvalue weighted by atomic mass is 10.1. The van der Waals surface area contributed by atoms with Gasteiger partial charge in [-0.25, -0.2) is 9.78 Å². The molecule has 1 aromatic heterocycles. The van der Waals surface area contributed by atoms with Gasteiger partial charge in [0.2, 0.25) is 5.91 Å². The molecule has 3 rings (SSSR count). The van der Waals surface area contributed by atoms with E-state index in [0.29, 0.717) is 12.1 Å². The van der Waals surface area contributed by atoms with Crippen molar-refractivity contribution in [2.45, 2.75) is 19.4 Å². The molecule has 3 aromatic rings. The fourth-order valence-corrected chi connectivity index (χ4v) is 3.01. The molecule has 0 fully saturated rings. The number of rotatable bonds is 5. The van der Waals surface area contributed by atoms with Gasteiger partial charge in [-0.05, 0) is 30.7 Å². The molecule has 27 heavy (non-hydrogen) atoms. The van der Waals surface area contributed by atoms with Gasteiger partial charge in [-0.1, -0.05) is 31.2 Å². The van der Waals surface area contributed by atoms with Gasteiger partial charge < -0.3 is 16.2 Å². The number of carbonyl (C=O) groups excluding carboxylic acids is 1. The van der Waals surface area contributed by atoms with E-state index in [2.05, 4.69) is 10.3 Å². The molecule has 0 saturated carbocycles. The van der Waals surface area contributed by atoms with E-state index in [1.807, 2.05) is 0 Å². The molecule has 0 aliphatic heterocycles. The fourth-order valence-electron chi connectivity index (χ4n) is 3.01. The molecular formula is C19H18N4O4. The minimum Gasteiger partial charge on any atom is -0.465 e. The van der Waals surface area contributed by atoms with Crippen LogP contribution in [0.4, 0.5) is 4.79 Å². The van der Waals surface area contributed by atoms with Crippen molar-refractivity contribution >= 4 is 22.9 Å². The van der Waals surface area contributed by atoms with Gasteiger partial charge in [0.1, 0.15) is 5.82 Å². The number of fused-ring (bicyclic) bond motifs is 1. The van der Waals surface area contributed by atoms with Crippen LogP contribution in [0.3, 0.4) is 0 Å². The van der Waals surface area contributed by atoms with Crippen molar-refractivity contribution in [1.82, 2.24) is 14.9 Å². The first-order chi connectivity index (χ1) is 12.9. The number of benzene rings is 2. The standard InChI is InChI=1S/C19H18N4O4/c1-2-13(22-19(26)27)17-21-14-10-6-9-12(16(20)24)15(14)18(25)23(17)11-7-4-3-5-8-11/h3-10,13,22H,2H2,1H3,(H2,20,24)(H,26,27)/t13-/m0/s1. The van der Waals surface area contributed by atoms with E-state index in [-0.39, 0.29) is 22.3 Å². The number of nitrogens with zero attached hydrogens (tertiary/aromatic N) is 2. The highest BCUT2D eigenvalue weighted by molar-refractivity contribution is 6.05. The molecule has 0 bridgehead atoms. The van der Waals surface area contributed by atoms with Crippen molar-refractivity contribution in [3.63, 3.8) is 0 Å². The minimum atomic E-state index is -1.22. The number of nitrogens with one attached hydrogen (secondary N) is 1. The van der Waals surface area contributed by atoms with Crippen LogP contribution in [0, 0.1) is 0 Å². The normalized spacial score (nSPS) is 11.9. The maximum atomic E-state index is 13.3. The Balaban J connectivity index is 2.42. The third-order valence-electron chi connectivity index (χ3n) is 4.22. The second-order valence-electron chi connectivity index (χ2n) is 5.92. The van der Waals surface area contributed by atoms with E-state index in [0.717, 1.165) is 0 Å². The summed E-state index contributed by atoms with van der Waals surface area (Å²) in [4.78, 5) is 40.8. The Labute approximate surface area is 154 Å². The van der Waals surface area contributed by atoms with Gasteiger partial charge >= 0.3 is 6.09 Å². The zero-order valence-electron chi connectivity index (χ0n) is 14.5. The SMILES string of the molecule is CC[C@H](NC(=O)O)c1nc2cccc(C(N)=O)c2c(=O)n1-c1ccccc1. The molecule has 2 amide bonds. The largest absolute Gasteiger partial charge is 0.465 e. The van der Waals surface area contributed by atoms with Crippen LogP contribution in [0.1, 0.15) is 35.6 Å². The van der Waals surface area contributed by atoms with Gasteiger partial charge in [-0.15, -0.1) is 0 Å². The van der Waals surface area contributed by atoms with Crippen molar-refractivity contribution < 1.29 is 14.7 Å². The fraction of sp³-hybridized carbons (Fsp3) is 0.158. The smallest absolute Gasteiger partial charge is 0.405 e. The molecule has 8 heteroatoms.